The van der Waals surface area contributed by atoms with Crippen LogP contribution in [0.15, 0.2) is 12.4 Å². The molecule has 0 spiro atoms. The first kappa shape index (κ1) is 11.1. The monoisotopic (exact) mass is 208 g/mol. The van der Waals surface area contributed by atoms with Crippen LogP contribution in [0, 0.1) is 17.1 Å². The second kappa shape index (κ2) is 5.05. The Labute approximate surface area is 86.3 Å². The number of aromatic nitrogens is 1. The summed E-state index contributed by atoms with van der Waals surface area (Å²) < 4.78 is 18.1. The summed E-state index contributed by atoms with van der Waals surface area (Å²) in [6.07, 6.45) is 2.12. The van der Waals surface area contributed by atoms with Crippen molar-refractivity contribution in [3.05, 3.63) is 29.3 Å². The summed E-state index contributed by atoms with van der Waals surface area (Å²) in [6.45, 7) is 1.91. The van der Waals surface area contributed by atoms with Gasteiger partial charge in [-0.15, -0.1) is 0 Å². The predicted octanol–water partition coefficient (Wildman–Crippen LogP) is 1.20. The first-order chi connectivity index (χ1) is 7.19. The third kappa shape index (κ3) is 2.74. The minimum absolute atomic E-state index is 0.0764. The number of carbonyl (C=O) groups is 1. The molecule has 0 fully saturated rings. The van der Waals surface area contributed by atoms with Gasteiger partial charge in [-0.2, -0.15) is 5.26 Å². The number of pyridine rings is 1. The number of halogens is 1. The molecule has 0 aliphatic heterocycles. The molecule has 0 bridgehead atoms. The number of esters is 1. The van der Waals surface area contributed by atoms with Gasteiger partial charge in [0.1, 0.15) is 17.4 Å². The molecule has 4 nitrogen and oxygen atoms in total. The number of nitrogens with zero attached hydrogens (tertiary/aromatic N) is 2. The molecule has 78 valence electrons. The highest BCUT2D eigenvalue weighted by Gasteiger charge is 2.12. The van der Waals surface area contributed by atoms with Crippen molar-refractivity contribution in [3.63, 3.8) is 0 Å². The maximum atomic E-state index is 13.4. The van der Waals surface area contributed by atoms with Crippen LogP contribution in [0.2, 0.25) is 0 Å². The highest BCUT2D eigenvalue weighted by molar-refractivity contribution is 5.72. The van der Waals surface area contributed by atoms with Crippen molar-refractivity contribution in [1.82, 2.24) is 4.98 Å². The van der Waals surface area contributed by atoms with Crippen LogP contribution in [0.1, 0.15) is 18.1 Å². The van der Waals surface area contributed by atoms with E-state index in [-0.39, 0.29) is 24.2 Å². The number of rotatable bonds is 3. The molecule has 15 heavy (non-hydrogen) atoms. The molecule has 0 amide bonds. The zero-order chi connectivity index (χ0) is 11.3. The fourth-order valence-electron chi connectivity index (χ4n) is 1.06. The largest absolute Gasteiger partial charge is 0.466 e. The molecular weight excluding hydrogens is 199 g/mol. The molecule has 0 atom stereocenters. The van der Waals surface area contributed by atoms with E-state index in [1.807, 2.05) is 0 Å². The van der Waals surface area contributed by atoms with E-state index in [0.29, 0.717) is 0 Å². The van der Waals surface area contributed by atoms with Gasteiger partial charge in [0.15, 0.2) is 0 Å². The van der Waals surface area contributed by atoms with E-state index in [0.717, 1.165) is 6.20 Å². The van der Waals surface area contributed by atoms with Crippen LogP contribution >= 0.6 is 0 Å². The molecule has 0 saturated carbocycles. The zero-order valence-electron chi connectivity index (χ0n) is 8.16. The van der Waals surface area contributed by atoms with Gasteiger partial charge in [0.25, 0.3) is 0 Å². The van der Waals surface area contributed by atoms with Crippen molar-refractivity contribution in [1.29, 1.82) is 5.26 Å². The van der Waals surface area contributed by atoms with E-state index < -0.39 is 11.8 Å². The third-order valence-electron chi connectivity index (χ3n) is 1.71. The molecule has 0 aliphatic rings. The predicted molar refractivity (Wildman–Crippen MR) is 49.2 cm³/mol. The summed E-state index contributed by atoms with van der Waals surface area (Å²) in [6, 6.07) is 1.65. The third-order valence-corrected chi connectivity index (χ3v) is 1.71. The lowest BCUT2D eigenvalue weighted by atomic mass is 10.1. The van der Waals surface area contributed by atoms with Crippen molar-refractivity contribution >= 4 is 5.97 Å². The van der Waals surface area contributed by atoms with E-state index in [9.17, 15) is 9.18 Å². The first-order valence-electron chi connectivity index (χ1n) is 4.37. The van der Waals surface area contributed by atoms with Gasteiger partial charge in [0, 0.05) is 18.0 Å². The second-order valence-corrected chi connectivity index (χ2v) is 2.75. The molecular formula is C10H9FN2O2. The molecule has 1 rings (SSSR count). The van der Waals surface area contributed by atoms with Crippen LogP contribution in [-0.2, 0) is 16.0 Å². The van der Waals surface area contributed by atoms with E-state index in [1.54, 1.807) is 13.0 Å². The lowest BCUT2D eigenvalue weighted by Crippen LogP contribution is -2.09. The average molecular weight is 208 g/mol. The Morgan fingerprint density at radius 2 is 2.40 bits per heavy atom. The Balaban J connectivity index is 2.87. The van der Waals surface area contributed by atoms with Crippen LogP contribution in [-0.4, -0.2) is 17.6 Å². The number of hydrogen-bond acceptors (Lipinski definition) is 4. The zero-order valence-corrected chi connectivity index (χ0v) is 8.16. The average Bonchev–Trinajstić information content (AvgIpc) is 2.21. The fourth-order valence-corrected chi connectivity index (χ4v) is 1.06. The molecule has 0 radical (unpaired) electrons. The lowest BCUT2D eigenvalue weighted by Gasteiger charge is -2.03. The van der Waals surface area contributed by atoms with Gasteiger partial charge in [-0.25, -0.2) is 4.39 Å². The molecule has 1 aromatic rings. The summed E-state index contributed by atoms with van der Waals surface area (Å²) in [7, 11) is 0. The van der Waals surface area contributed by atoms with Crippen molar-refractivity contribution < 1.29 is 13.9 Å². The highest BCUT2D eigenvalue weighted by atomic mass is 19.1. The standard InChI is InChI=1S/C10H9FN2O2/c1-2-15-9(14)3-7-5-13-6-8(4-12)10(7)11/h5-6H,2-3H2,1H3. The molecule has 0 aromatic carbocycles. The number of ether oxygens (including phenoxy) is 1. The van der Waals surface area contributed by atoms with Crippen LogP contribution < -0.4 is 0 Å². The van der Waals surface area contributed by atoms with Crippen LogP contribution in [0.5, 0.6) is 0 Å². The summed E-state index contributed by atoms with van der Waals surface area (Å²) in [5, 5.41) is 8.53. The summed E-state index contributed by atoms with van der Waals surface area (Å²) >= 11 is 0. The summed E-state index contributed by atoms with van der Waals surface area (Å²) in [5.41, 5.74) is -0.0932. The van der Waals surface area contributed by atoms with Crippen LogP contribution in [0.4, 0.5) is 4.39 Å². The summed E-state index contributed by atoms with van der Waals surface area (Å²) in [5.74, 6) is -1.24. The van der Waals surface area contributed by atoms with Crippen molar-refractivity contribution in [3.8, 4) is 6.07 Å². The topological polar surface area (TPSA) is 63.0 Å². The maximum Gasteiger partial charge on any atom is 0.310 e. The van der Waals surface area contributed by atoms with E-state index in [4.69, 9.17) is 5.26 Å². The molecule has 0 saturated heterocycles. The molecule has 5 heteroatoms. The maximum absolute atomic E-state index is 13.4. The van der Waals surface area contributed by atoms with E-state index in [1.165, 1.54) is 6.20 Å². The van der Waals surface area contributed by atoms with Gasteiger partial charge in [-0.1, -0.05) is 0 Å². The van der Waals surface area contributed by atoms with Gasteiger partial charge < -0.3 is 4.74 Å². The highest BCUT2D eigenvalue weighted by Crippen LogP contribution is 2.11. The Kier molecular flexibility index (Phi) is 3.75. The molecule has 1 aromatic heterocycles. The number of carbonyl (C=O) groups excluding carboxylic acids is 1. The minimum atomic E-state index is -0.708. The lowest BCUT2D eigenvalue weighted by molar-refractivity contribution is -0.142. The Bertz CT molecular complexity index is 412. The smallest absolute Gasteiger partial charge is 0.310 e. The van der Waals surface area contributed by atoms with Crippen molar-refractivity contribution in [2.75, 3.05) is 6.61 Å². The van der Waals surface area contributed by atoms with E-state index >= 15 is 0 Å². The molecule has 0 unspecified atom stereocenters. The quantitative estimate of drug-likeness (QED) is 0.700. The van der Waals surface area contributed by atoms with Crippen molar-refractivity contribution in [2.45, 2.75) is 13.3 Å². The van der Waals surface area contributed by atoms with Gasteiger partial charge in [0.2, 0.25) is 0 Å². The first-order valence-corrected chi connectivity index (χ1v) is 4.37. The van der Waals surface area contributed by atoms with Gasteiger partial charge >= 0.3 is 5.97 Å². The normalized spacial score (nSPS) is 9.40. The van der Waals surface area contributed by atoms with E-state index in [2.05, 4.69) is 9.72 Å². The number of hydrogen-bond donors (Lipinski definition) is 0. The van der Waals surface area contributed by atoms with Gasteiger partial charge in [0.05, 0.1) is 13.0 Å². The summed E-state index contributed by atoms with van der Waals surface area (Å²) in [4.78, 5) is 14.7. The Morgan fingerprint density at radius 3 is 3.00 bits per heavy atom. The SMILES string of the molecule is CCOC(=O)Cc1cncc(C#N)c1F. The Hall–Kier alpha value is -1.96. The van der Waals surface area contributed by atoms with Crippen LogP contribution in [0.25, 0.3) is 0 Å². The number of nitriles is 1. The Morgan fingerprint density at radius 1 is 1.67 bits per heavy atom. The molecule has 1 heterocycles. The molecule has 0 aliphatic carbocycles. The van der Waals surface area contributed by atoms with Crippen molar-refractivity contribution in [2.24, 2.45) is 0 Å². The van der Waals surface area contributed by atoms with Crippen LogP contribution in [0.3, 0.4) is 0 Å². The van der Waals surface area contributed by atoms with Gasteiger partial charge in [-0.05, 0) is 6.92 Å². The van der Waals surface area contributed by atoms with Gasteiger partial charge in [-0.3, -0.25) is 9.78 Å². The second-order valence-electron chi connectivity index (χ2n) is 2.75. The molecule has 0 N–H and O–H groups in total. The fraction of sp³-hybridized carbons (Fsp3) is 0.300. The minimum Gasteiger partial charge on any atom is -0.466 e.